The van der Waals surface area contributed by atoms with Gasteiger partial charge < -0.3 is 4.90 Å². The van der Waals surface area contributed by atoms with E-state index in [1.165, 1.54) is 0 Å². The number of benzene rings is 2. The summed E-state index contributed by atoms with van der Waals surface area (Å²) in [7, 11) is 0. The molecule has 1 amide bonds. The van der Waals surface area contributed by atoms with Crippen molar-refractivity contribution in [1.82, 2.24) is 0 Å². The van der Waals surface area contributed by atoms with E-state index < -0.39 is 0 Å². The Balaban J connectivity index is 2.04. The second kappa shape index (κ2) is 7.94. The van der Waals surface area contributed by atoms with Crippen LogP contribution in [0.3, 0.4) is 0 Å². The average Bonchev–Trinajstić information content (AvgIpc) is 2.56. The molecule has 0 radical (unpaired) electrons. The zero-order valence-electron chi connectivity index (χ0n) is 12.1. The number of carbonyl (C=O) groups is 1. The maximum absolute atomic E-state index is 11.1. The van der Waals surface area contributed by atoms with E-state index in [1.54, 1.807) is 4.90 Å². The van der Waals surface area contributed by atoms with E-state index in [1.807, 2.05) is 54.6 Å². The van der Waals surface area contributed by atoms with Gasteiger partial charge in [0.25, 0.3) is 0 Å². The number of rotatable bonds is 7. The minimum Gasteiger partial charge on any atom is -0.315 e. The van der Waals surface area contributed by atoms with Gasteiger partial charge in [-0.1, -0.05) is 31.5 Å². The number of hydrogen-bond donors (Lipinski definition) is 0. The van der Waals surface area contributed by atoms with Gasteiger partial charge in [0.2, 0.25) is 6.41 Å². The summed E-state index contributed by atoms with van der Waals surface area (Å²) in [6.07, 6.45) is 2.93. The van der Waals surface area contributed by atoms with Crippen LogP contribution in [0.5, 0.6) is 0 Å². The molecular weight excluding hydrogens is 262 g/mol. The SMILES string of the molecule is CCCCN(C=O)c1ccc(/N=N/c2ccccc2)cc1. The topological polar surface area (TPSA) is 45.0 Å². The molecule has 0 aromatic heterocycles. The van der Waals surface area contributed by atoms with Crippen molar-refractivity contribution in [3.63, 3.8) is 0 Å². The standard InChI is InChI=1S/C17H19N3O/c1-2-3-13-20(14-21)17-11-9-16(10-12-17)19-18-15-7-5-4-6-8-15/h4-12,14H,2-3,13H2,1H3/b19-18+. The number of azo groups is 1. The van der Waals surface area contributed by atoms with Crippen LogP contribution in [0.4, 0.5) is 17.1 Å². The van der Waals surface area contributed by atoms with E-state index in [0.717, 1.165) is 42.9 Å². The van der Waals surface area contributed by atoms with Gasteiger partial charge in [-0.2, -0.15) is 10.2 Å². The van der Waals surface area contributed by atoms with E-state index in [0.29, 0.717) is 0 Å². The van der Waals surface area contributed by atoms with Crippen molar-refractivity contribution in [3.8, 4) is 0 Å². The van der Waals surface area contributed by atoms with Gasteiger partial charge in [-0.3, -0.25) is 4.79 Å². The molecule has 4 nitrogen and oxygen atoms in total. The molecule has 0 spiro atoms. The average molecular weight is 281 g/mol. The first kappa shape index (κ1) is 14.9. The van der Waals surface area contributed by atoms with Crippen molar-refractivity contribution in [2.75, 3.05) is 11.4 Å². The third-order valence-electron chi connectivity index (χ3n) is 3.10. The molecule has 2 aromatic carbocycles. The zero-order chi connectivity index (χ0) is 14.9. The highest BCUT2D eigenvalue weighted by Gasteiger charge is 2.03. The van der Waals surface area contributed by atoms with Gasteiger partial charge in [0.05, 0.1) is 11.4 Å². The van der Waals surface area contributed by atoms with Gasteiger partial charge in [-0.05, 0) is 42.8 Å². The normalized spacial score (nSPS) is 10.7. The van der Waals surface area contributed by atoms with E-state index in [9.17, 15) is 4.79 Å². The fraction of sp³-hybridized carbons (Fsp3) is 0.235. The largest absolute Gasteiger partial charge is 0.315 e. The van der Waals surface area contributed by atoms with Gasteiger partial charge >= 0.3 is 0 Å². The molecule has 0 atom stereocenters. The highest BCUT2D eigenvalue weighted by molar-refractivity contribution is 5.75. The molecule has 0 saturated carbocycles. The quantitative estimate of drug-likeness (QED) is 0.527. The lowest BCUT2D eigenvalue weighted by Gasteiger charge is -2.16. The predicted octanol–water partition coefficient (Wildman–Crippen LogP) is 4.86. The number of hydrogen-bond acceptors (Lipinski definition) is 3. The fourth-order valence-electron chi connectivity index (χ4n) is 1.89. The number of anilines is 1. The molecule has 0 aliphatic carbocycles. The van der Waals surface area contributed by atoms with E-state index in [2.05, 4.69) is 17.2 Å². The Kier molecular flexibility index (Phi) is 5.64. The maximum Gasteiger partial charge on any atom is 0.214 e. The molecule has 4 heteroatoms. The number of amides is 1. The van der Waals surface area contributed by atoms with Gasteiger partial charge in [0.1, 0.15) is 0 Å². The highest BCUT2D eigenvalue weighted by Crippen LogP contribution is 2.21. The molecule has 0 aliphatic heterocycles. The Morgan fingerprint density at radius 1 is 0.952 bits per heavy atom. The zero-order valence-corrected chi connectivity index (χ0v) is 12.1. The minimum absolute atomic E-state index is 0.741. The third kappa shape index (κ3) is 4.53. The Morgan fingerprint density at radius 2 is 1.57 bits per heavy atom. The van der Waals surface area contributed by atoms with Crippen molar-refractivity contribution < 1.29 is 4.79 Å². The first-order chi connectivity index (χ1) is 10.3. The van der Waals surface area contributed by atoms with Gasteiger partial charge in [-0.15, -0.1) is 0 Å². The van der Waals surface area contributed by atoms with Gasteiger partial charge in [-0.25, -0.2) is 0 Å². The molecule has 0 N–H and O–H groups in total. The molecule has 0 bridgehead atoms. The van der Waals surface area contributed by atoms with Crippen LogP contribution in [0, 0.1) is 0 Å². The van der Waals surface area contributed by atoms with Crippen LogP contribution in [-0.2, 0) is 4.79 Å². The van der Waals surface area contributed by atoms with Crippen molar-refractivity contribution in [2.24, 2.45) is 10.2 Å². The molecule has 0 aliphatic rings. The second-order valence-electron chi connectivity index (χ2n) is 4.70. The highest BCUT2D eigenvalue weighted by atomic mass is 16.1. The summed E-state index contributed by atoms with van der Waals surface area (Å²) in [6, 6.07) is 17.1. The molecule has 0 saturated heterocycles. The van der Waals surface area contributed by atoms with Crippen molar-refractivity contribution >= 4 is 23.5 Å². The van der Waals surface area contributed by atoms with Crippen LogP contribution >= 0.6 is 0 Å². The summed E-state index contributed by atoms with van der Waals surface area (Å²) in [5, 5.41) is 8.35. The van der Waals surface area contributed by atoms with E-state index >= 15 is 0 Å². The lowest BCUT2D eigenvalue weighted by atomic mass is 10.2. The van der Waals surface area contributed by atoms with Crippen molar-refractivity contribution in [1.29, 1.82) is 0 Å². The molecule has 2 rings (SSSR count). The lowest BCUT2D eigenvalue weighted by molar-refractivity contribution is -0.107. The van der Waals surface area contributed by atoms with Crippen LogP contribution in [0.2, 0.25) is 0 Å². The van der Waals surface area contributed by atoms with Crippen molar-refractivity contribution in [2.45, 2.75) is 19.8 Å². The van der Waals surface area contributed by atoms with E-state index in [-0.39, 0.29) is 0 Å². The molecule has 108 valence electrons. The van der Waals surface area contributed by atoms with Crippen LogP contribution < -0.4 is 4.90 Å². The Labute approximate surface area is 125 Å². The molecule has 0 unspecified atom stereocenters. The van der Waals surface area contributed by atoms with Crippen LogP contribution in [0.1, 0.15) is 19.8 Å². The Hall–Kier alpha value is -2.49. The molecule has 21 heavy (non-hydrogen) atoms. The summed E-state index contributed by atoms with van der Waals surface area (Å²) < 4.78 is 0. The Morgan fingerprint density at radius 3 is 2.14 bits per heavy atom. The van der Waals surface area contributed by atoms with Gasteiger partial charge in [0, 0.05) is 12.2 Å². The smallest absolute Gasteiger partial charge is 0.214 e. The molecule has 0 heterocycles. The molecule has 2 aromatic rings. The van der Waals surface area contributed by atoms with Crippen LogP contribution in [0.25, 0.3) is 0 Å². The first-order valence-electron chi connectivity index (χ1n) is 7.12. The number of nitrogens with zero attached hydrogens (tertiary/aromatic N) is 3. The molecule has 0 fully saturated rings. The van der Waals surface area contributed by atoms with E-state index in [4.69, 9.17) is 0 Å². The summed E-state index contributed by atoms with van der Waals surface area (Å²) in [6.45, 7) is 2.85. The Bertz CT molecular complexity index is 579. The first-order valence-corrected chi connectivity index (χ1v) is 7.12. The summed E-state index contributed by atoms with van der Waals surface area (Å²) in [5.41, 5.74) is 2.47. The van der Waals surface area contributed by atoms with Crippen molar-refractivity contribution in [3.05, 3.63) is 54.6 Å². The molecular formula is C17H19N3O. The monoisotopic (exact) mass is 281 g/mol. The number of unbranched alkanes of at least 4 members (excludes halogenated alkanes) is 1. The summed E-state index contributed by atoms with van der Waals surface area (Å²) in [5.74, 6) is 0. The number of carbonyl (C=O) groups excluding carboxylic acids is 1. The fourth-order valence-corrected chi connectivity index (χ4v) is 1.89. The predicted molar refractivity (Wildman–Crippen MR) is 85.4 cm³/mol. The second-order valence-corrected chi connectivity index (χ2v) is 4.70. The summed E-state index contributed by atoms with van der Waals surface area (Å²) >= 11 is 0. The van der Waals surface area contributed by atoms with Crippen LogP contribution in [-0.4, -0.2) is 13.0 Å². The third-order valence-corrected chi connectivity index (χ3v) is 3.10. The maximum atomic E-state index is 11.1. The lowest BCUT2D eigenvalue weighted by Crippen LogP contribution is -2.21. The summed E-state index contributed by atoms with van der Waals surface area (Å²) in [4.78, 5) is 12.8. The van der Waals surface area contributed by atoms with Gasteiger partial charge in [0.15, 0.2) is 0 Å². The van der Waals surface area contributed by atoms with Crippen LogP contribution in [0.15, 0.2) is 64.8 Å². The minimum atomic E-state index is 0.741.